The molecule has 2 heterocycles. The Morgan fingerprint density at radius 3 is 2.67 bits per heavy atom. The monoisotopic (exact) mass is 350 g/mol. The van der Waals surface area contributed by atoms with Crippen molar-refractivity contribution < 1.29 is 0 Å². The lowest BCUT2D eigenvalue weighted by atomic mass is 10.2. The standard InChI is InChI=1S/C10H8ClIN2S/c1-5-3-7(6(2)15-5)10-13-4-8(12)9(11)14-10/h3-4H,1-2H3. The first kappa shape index (κ1) is 11.3. The van der Waals surface area contributed by atoms with E-state index in [1.54, 1.807) is 17.5 Å². The van der Waals surface area contributed by atoms with Crippen molar-refractivity contribution in [3.63, 3.8) is 0 Å². The molecule has 0 N–H and O–H groups in total. The number of hydrogen-bond donors (Lipinski definition) is 0. The van der Waals surface area contributed by atoms with Gasteiger partial charge in [-0.05, 0) is 42.5 Å². The summed E-state index contributed by atoms with van der Waals surface area (Å²) in [7, 11) is 0. The summed E-state index contributed by atoms with van der Waals surface area (Å²) >= 11 is 9.84. The summed E-state index contributed by atoms with van der Waals surface area (Å²) in [6, 6.07) is 2.10. The quantitative estimate of drug-likeness (QED) is 0.572. The molecule has 0 unspecified atom stereocenters. The Balaban J connectivity index is 2.54. The molecule has 2 aromatic heterocycles. The van der Waals surface area contributed by atoms with E-state index in [2.05, 4.69) is 52.5 Å². The van der Waals surface area contributed by atoms with E-state index in [0.29, 0.717) is 11.0 Å². The van der Waals surface area contributed by atoms with E-state index in [4.69, 9.17) is 11.6 Å². The molecule has 0 bridgehead atoms. The normalized spacial score (nSPS) is 10.7. The van der Waals surface area contributed by atoms with Crippen LogP contribution in [0.5, 0.6) is 0 Å². The molecule has 78 valence electrons. The Hall–Kier alpha value is -0.200. The molecule has 2 nitrogen and oxygen atoms in total. The minimum Gasteiger partial charge on any atom is -0.235 e. The predicted molar refractivity (Wildman–Crippen MR) is 72.5 cm³/mol. The number of aryl methyl sites for hydroxylation is 2. The van der Waals surface area contributed by atoms with Gasteiger partial charge in [0.05, 0.1) is 3.57 Å². The summed E-state index contributed by atoms with van der Waals surface area (Å²) in [6.07, 6.45) is 1.75. The molecule has 2 aromatic rings. The zero-order valence-electron chi connectivity index (χ0n) is 8.21. The van der Waals surface area contributed by atoms with Gasteiger partial charge in [0.2, 0.25) is 0 Å². The number of nitrogens with zero attached hydrogens (tertiary/aromatic N) is 2. The van der Waals surface area contributed by atoms with Gasteiger partial charge in [-0.25, -0.2) is 9.97 Å². The summed E-state index contributed by atoms with van der Waals surface area (Å²) in [4.78, 5) is 11.0. The molecule has 15 heavy (non-hydrogen) atoms. The number of halogens is 2. The van der Waals surface area contributed by atoms with Crippen molar-refractivity contribution in [1.29, 1.82) is 0 Å². The van der Waals surface area contributed by atoms with Crippen molar-refractivity contribution in [3.05, 3.63) is 30.7 Å². The van der Waals surface area contributed by atoms with Crippen LogP contribution in [0.1, 0.15) is 9.75 Å². The number of rotatable bonds is 1. The van der Waals surface area contributed by atoms with E-state index < -0.39 is 0 Å². The lowest BCUT2D eigenvalue weighted by molar-refractivity contribution is 1.16. The zero-order chi connectivity index (χ0) is 11.0. The molecule has 0 aromatic carbocycles. The summed E-state index contributed by atoms with van der Waals surface area (Å²) in [5, 5.41) is 0.517. The Kier molecular flexibility index (Phi) is 3.27. The summed E-state index contributed by atoms with van der Waals surface area (Å²) in [5.41, 5.74) is 1.08. The summed E-state index contributed by atoms with van der Waals surface area (Å²) in [5.74, 6) is 0.710. The van der Waals surface area contributed by atoms with Crippen molar-refractivity contribution in [2.24, 2.45) is 0 Å². The maximum atomic E-state index is 5.97. The van der Waals surface area contributed by atoms with Crippen LogP contribution in [0.4, 0.5) is 0 Å². The van der Waals surface area contributed by atoms with Crippen molar-refractivity contribution in [3.8, 4) is 11.4 Å². The van der Waals surface area contributed by atoms with Gasteiger partial charge in [-0.3, -0.25) is 0 Å². The highest BCUT2D eigenvalue weighted by Gasteiger charge is 2.10. The van der Waals surface area contributed by atoms with Gasteiger partial charge in [0.25, 0.3) is 0 Å². The molecule has 0 spiro atoms. The lowest BCUT2D eigenvalue weighted by Crippen LogP contribution is -1.91. The maximum Gasteiger partial charge on any atom is 0.162 e. The van der Waals surface area contributed by atoms with E-state index in [9.17, 15) is 0 Å². The van der Waals surface area contributed by atoms with Crippen LogP contribution in [-0.2, 0) is 0 Å². The highest BCUT2D eigenvalue weighted by atomic mass is 127. The highest BCUT2D eigenvalue weighted by molar-refractivity contribution is 14.1. The van der Waals surface area contributed by atoms with Crippen LogP contribution in [0.2, 0.25) is 5.15 Å². The first-order valence-electron chi connectivity index (χ1n) is 4.33. The molecule has 5 heteroatoms. The van der Waals surface area contributed by atoms with Gasteiger partial charge >= 0.3 is 0 Å². The summed E-state index contributed by atoms with van der Waals surface area (Å²) < 4.78 is 0.877. The molecular formula is C10H8ClIN2S. The molecule has 0 aliphatic carbocycles. The Bertz CT molecular complexity index is 510. The van der Waals surface area contributed by atoms with Crippen LogP contribution >= 0.6 is 45.5 Å². The first-order chi connectivity index (χ1) is 7.08. The van der Waals surface area contributed by atoms with E-state index in [1.807, 2.05) is 0 Å². The molecule has 0 radical (unpaired) electrons. The topological polar surface area (TPSA) is 25.8 Å². The molecule has 0 atom stereocenters. The second-order valence-electron chi connectivity index (χ2n) is 3.16. The van der Waals surface area contributed by atoms with Crippen LogP contribution in [0.25, 0.3) is 11.4 Å². The average molecular weight is 351 g/mol. The van der Waals surface area contributed by atoms with Crippen molar-refractivity contribution in [2.75, 3.05) is 0 Å². The smallest absolute Gasteiger partial charge is 0.162 e. The number of aromatic nitrogens is 2. The number of hydrogen-bond acceptors (Lipinski definition) is 3. The molecule has 2 rings (SSSR count). The van der Waals surface area contributed by atoms with E-state index >= 15 is 0 Å². The van der Waals surface area contributed by atoms with Crippen LogP contribution in [-0.4, -0.2) is 9.97 Å². The van der Waals surface area contributed by atoms with Crippen molar-refractivity contribution in [1.82, 2.24) is 9.97 Å². The van der Waals surface area contributed by atoms with Crippen LogP contribution in [0.3, 0.4) is 0 Å². The van der Waals surface area contributed by atoms with Crippen molar-refractivity contribution >= 4 is 45.5 Å². The van der Waals surface area contributed by atoms with Gasteiger partial charge in [0, 0.05) is 21.5 Å². The summed E-state index contributed by atoms with van der Waals surface area (Å²) in [6.45, 7) is 4.15. The van der Waals surface area contributed by atoms with Crippen LogP contribution in [0.15, 0.2) is 12.3 Å². The third-order valence-electron chi connectivity index (χ3n) is 1.98. The van der Waals surface area contributed by atoms with Gasteiger partial charge in [-0.15, -0.1) is 11.3 Å². The second-order valence-corrected chi connectivity index (χ2v) is 6.14. The molecule has 0 saturated heterocycles. The molecule has 0 aliphatic heterocycles. The fraction of sp³-hybridized carbons (Fsp3) is 0.200. The predicted octanol–water partition coefficient (Wildman–Crippen LogP) is 4.08. The lowest BCUT2D eigenvalue weighted by Gasteiger charge is -2.00. The van der Waals surface area contributed by atoms with Gasteiger partial charge in [-0.1, -0.05) is 11.6 Å². The minimum atomic E-state index is 0.517. The Morgan fingerprint density at radius 1 is 1.40 bits per heavy atom. The Morgan fingerprint density at radius 2 is 2.13 bits per heavy atom. The maximum absolute atomic E-state index is 5.97. The Labute approximate surface area is 111 Å². The second kappa shape index (κ2) is 4.35. The van der Waals surface area contributed by atoms with Crippen LogP contribution in [0, 0.1) is 17.4 Å². The van der Waals surface area contributed by atoms with Crippen LogP contribution < -0.4 is 0 Å². The number of thiophene rings is 1. The molecule has 0 aliphatic rings. The molecule has 0 fully saturated rings. The zero-order valence-corrected chi connectivity index (χ0v) is 11.9. The third kappa shape index (κ3) is 2.32. The third-order valence-corrected chi connectivity index (χ3v) is 4.35. The fourth-order valence-corrected chi connectivity index (χ4v) is 2.64. The SMILES string of the molecule is Cc1cc(-c2ncc(I)c(Cl)n2)c(C)s1. The van der Waals surface area contributed by atoms with Gasteiger partial charge < -0.3 is 0 Å². The molecule has 0 amide bonds. The molecule has 0 saturated carbocycles. The minimum absolute atomic E-state index is 0.517. The molecular weight excluding hydrogens is 343 g/mol. The fourth-order valence-electron chi connectivity index (χ4n) is 1.33. The van der Waals surface area contributed by atoms with Gasteiger partial charge in [-0.2, -0.15) is 0 Å². The average Bonchev–Trinajstić information content (AvgIpc) is 2.50. The highest BCUT2D eigenvalue weighted by Crippen LogP contribution is 2.29. The van der Waals surface area contributed by atoms with E-state index in [1.165, 1.54) is 9.75 Å². The first-order valence-corrected chi connectivity index (χ1v) is 6.60. The van der Waals surface area contributed by atoms with E-state index in [0.717, 1.165) is 9.13 Å². The van der Waals surface area contributed by atoms with Gasteiger partial charge in [0.1, 0.15) is 5.15 Å². The van der Waals surface area contributed by atoms with Gasteiger partial charge in [0.15, 0.2) is 5.82 Å². The van der Waals surface area contributed by atoms with Crippen molar-refractivity contribution in [2.45, 2.75) is 13.8 Å². The largest absolute Gasteiger partial charge is 0.235 e. The van der Waals surface area contributed by atoms with E-state index in [-0.39, 0.29) is 0 Å².